The lowest BCUT2D eigenvalue weighted by atomic mass is 9.77. The number of fused-ring (bicyclic) bond motifs is 1. The number of Topliss-reactive ketones (excluding diaryl/α,β-unsaturated/α-hetero) is 1. The molecule has 0 unspecified atom stereocenters. The molecule has 3 aromatic heterocycles. The highest BCUT2D eigenvalue weighted by Crippen LogP contribution is 2.40. The second-order valence-electron chi connectivity index (χ2n) is 11.1. The molecule has 12 heteroatoms. The van der Waals surface area contributed by atoms with E-state index in [1.807, 2.05) is 4.40 Å². The van der Waals surface area contributed by atoms with Crippen LogP contribution in [0.2, 0.25) is 0 Å². The van der Waals surface area contributed by atoms with Crippen molar-refractivity contribution in [1.82, 2.24) is 19.4 Å². The molecule has 0 saturated heterocycles. The largest absolute Gasteiger partial charge is 0.416 e. The van der Waals surface area contributed by atoms with Crippen molar-refractivity contribution < 1.29 is 27.2 Å². The van der Waals surface area contributed by atoms with Crippen LogP contribution < -0.4 is 11.1 Å². The minimum Gasteiger partial charge on any atom is -0.382 e. The number of pyridine rings is 1. The molecule has 0 spiro atoms. The zero-order chi connectivity index (χ0) is 30.2. The highest BCUT2D eigenvalue weighted by atomic mass is 19.4. The molecule has 8 nitrogen and oxygen atoms in total. The number of hydrogen-bond acceptors (Lipinski definition) is 6. The first-order chi connectivity index (χ1) is 19.8. The van der Waals surface area contributed by atoms with Gasteiger partial charge in [0.25, 0.3) is 5.91 Å². The van der Waals surface area contributed by atoms with Crippen molar-refractivity contribution in [2.45, 2.75) is 63.7 Å². The van der Waals surface area contributed by atoms with E-state index in [1.54, 1.807) is 24.5 Å². The lowest BCUT2D eigenvalue weighted by molar-refractivity contribution is -0.137. The molecule has 1 fully saturated rings. The average molecular weight is 583 g/mol. The predicted molar refractivity (Wildman–Crippen MR) is 150 cm³/mol. The van der Waals surface area contributed by atoms with E-state index < -0.39 is 29.1 Å². The zero-order valence-electron chi connectivity index (χ0n) is 23.1. The fraction of sp³-hybridized carbons (Fsp3) is 0.367. The van der Waals surface area contributed by atoms with Gasteiger partial charge in [0.15, 0.2) is 11.5 Å². The van der Waals surface area contributed by atoms with Crippen molar-refractivity contribution in [3.05, 3.63) is 71.9 Å². The summed E-state index contributed by atoms with van der Waals surface area (Å²) >= 11 is 0. The summed E-state index contributed by atoms with van der Waals surface area (Å²) in [6, 6.07) is 8.03. The van der Waals surface area contributed by atoms with Crippen molar-refractivity contribution in [2.75, 3.05) is 11.1 Å². The number of nitrogen functional groups attached to an aromatic ring is 1. The number of aromatic nitrogens is 4. The number of hydrogen-bond donors (Lipinski definition) is 2. The molecule has 42 heavy (non-hydrogen) atoms. The lowest BCUT2D eigenvalue weighted by Gasteiger charge is -2.29. The number of imidazole rings is 1. The molecule has 1 aromatic carbocycles. The number of nitrogens with one attached hydrogen (secondary N) is 1. The second-order valence-corrected chi connectivity index (χ2v) is 11.1. The van der Waals surface area contributed by atoms with Crippen LogP contribution in [0.5, 0.6) is 0 Å². The fourth-order valence-corrected chi connectivity index (χ4v) is 5.44. The van der Waals surface area contributed by atoms with Crippen molar-refractivity contribution in [3.63, 3.8) is 0 Å². The Bertz CT molecular complexity index is 1630. The van der Waals surface area contributed by atoms with Gasteiger partial charge < -0.3 is 11.1 Å². The summed E-state index contributed by atoms with van der Waals surface area (Å²) in [6.07, 6.45) is 3.23. The van der Waals surface area contributed by atoms with Gasteiger partial charge in [-0.2, -0.15) is 13.2 Å². The van der Waals surface area contributed by atoms with Crippen LogP contribution in [0.1, 0.15) is 73.6 Å². The number of alkyl halides is 4. The average Bonchev–Trinajstić information content (AvgIpc) is 3.33. The van der Waals surface area contributed by atoms with E-state index in [2.05, 4.69) is 15.3 Å². The van der Waals surface area contributed by atoms with Crippen molar-refractivity contribution in [3.8, 4) is 11.3 Å². The summed E-state index contributed by atoms with van der Waals surface area (Å²) in [5.74, 6) is -0.135. The molecule has 1 aliphatic carbocycles. The number of carbonyl (C=O) groups excluding carboxylic acids is 2. The van der Waals surface area contributed by atoms with E-state index in [0.717, 1.165) is 43.4 Å². The maximum atomic E-state index is 14.2. The Hall–Kier alpha value is -4.35. The summed E-state index contributed by atoms with van der Waals surface area (Å²) in [7, 11) is 0. The molecule has 4 aromatic rings. The third kappa shape index (κ3) is 6.12. The van der Waals surface area contributed by atoms with E-state index in [9.17, 15) is 27.2 Å². The molecule has 0 radical (unpaired) electrons. The summed E-state index contributed by atoms with van der Waals surface area (Å²) in [4.78, 5) is 38.1. The number of halogens is 4. The van der Waals surface area contributed by atoms with Gasteiger partial charge in [-0.1, -0.05) is 18.6 Å². The van der Waals surface area contributed by atoms with Gasteiger partial charge in [0.1, 0.15) is 28.7 Å². The zero-order valence-corrected chi connectivity index (χ0v) is 23.1. The van der Waals surface area contributed by atoms with E-state index in [1.165, 1.54) is 26.0 Å². The van der Waals surface area contributed by atoms with Gasteiger partial charge >= 0.3 is 6.18 Å². The first-order valence-corrected chi connectivity index (χ1v) is 13.6. The molecule has 1 saturated carbocycles. The molecular weight excluding hydrogens is 552 g/mol. The smallest absolute Gasteiger partial charge is 0.382 e. The maximum Gasteiger partial charge on any atom is 0.416 e. The Morgan fingerprint density at radius 1 is 1.05 bits per heavy atom. The van der Waals surface area contributed by atoms with Crippen molar-refractivity contribution >= 4 is 28.8 Å². The molecule has 0 aliphatic heterocycles. The Morgan fingerprint density at radius 2 is 1.79 bits per heavy atom. The highest BCUT2D eigenvalue weighted by molar-refractivity contribution is 6.04. The molecule has 220 valence electrons. The van der Waals surface area contributed by atoms with Crippen LogP contribution in [-0.2, 0) is 11.0 Å². The van der Waals surface area contributed by atoms with Crippen LogP contribution in [0.25, 0.3) is 16.8 Å². The fourth-order valence-electron chi connectivity index (χ4n) is 5.44. The minimum atomic E-state index is -4.56. The van der Waals surface area contributed by atoms with Crippen molar-refractivity contribution in [1.29, 1.82) is 0 Å². The molecule has 2 atom stereocenters. The van der Waals surface area contributed by atoms with Gasteiger partial charge in [0.05, 0.1) is 5.56 Å². The Kier molecular flexibility index (Phi) is 7.74. The maximum absolute atomic E-state index is 14.2. The van der Waals surface area contributed by atoms with Gasteiger partial charge in [-0.05, 0) is 63.3 Å². The van der Waals surface area contributed by atoms with Crippen LogP contribution in [0.15, 0.2) is 55.0 Å². The van der Waals surface area contributed by atoms with Crippen LogP contribution in [0.3, 0.4) is 0 Å². The van der Waals surface area contributed by atoms with Gasteiger partial charge in [-0.15, -0.1) is 0 Å². The number of ketones is 1. The first kappa shape index (κ1) is 29.2. The van der Waals surface area contributed by atoms with Crippen LogP contribution in [0, 0.1) is 5.92 Å². The number of nitrogens with zero attached hydrogens (tertiary/aromatic N) is 4. The van der Waals surface area contributed by atoms with E-state index in [0.29, 0.717) is 23.2 Å². The van der Waals surface area contributed by atoms with E-state index in [-0.39, 0.29) is 35.5 Å². The predicted octanol–water partition coefficient (Wildman–Crippen LogP) is 6.63. The number of benzene rings is 1. The van der Waals surface area contributed by atoms with Gasteiger partial charge in [0, 0.05) is 42.1 Å². The molecule has 1 aliphatic rings. The Labute approximate surface area is 239 Å². The summed E-state index contributed by atoms with van der Waals surface area (Å²) in [5.41, 5.74) is 5.52. The number of carbonyl (C=O) groups is 2. The molecule has 3 N–H and O–H groups in total. The molecule has 0 bridgehead atoms. The molecule has 3 heterocycles. The van der Waals surface area contributed by atoms with Gasteiger partial charge in [-0.25, -0.2) is 19.3 Å². The normalized spacial score (nSPS) is 17.8. The first-order valence-electron chi connectivity index (χ1n) is 13.6. The quantitative estimate of drug-likeness (QED) is 0.237. The van der Waals surface area contributed by atoms with Gasteiger partial charge in [-0.3, -0.25) is 14.0 Å². The van der Waals surface area contributed by atoms with Crippen LogP contribution in [0.4, 0.5) is 29.2 Å². The van der Waals surface area contributed by atoms with E-state index >= 15 is 0 Å². The summed E-state index contributed by atoms with van der Waals surface area (Å²) in [5, 5.41) is 2.40. The standard InChI is InChI=1S/C30H30F4N6O2/c1-29(2,31)22(41)15-17-4-3-5-20(14-17)27-39-24(25-26(35)37-12-13-40(25)27)18-6-8-19(9-7-18)28(42)38-23-16-21(10-11-36-23)30(32,33)34/h6-13,16-17,20H,3-5,14-15H2,1-2H3,(H2,35,37)(H,36,38,42)/t17-,20-/m1/s1. The topological polar surface area (TPSA) is 115 Å². The monoisotopic (exact) mass is 582 g/mol. The molecule has 1 amide bonds. The second kappa shape index (κ2) is 11.1. The summed E-state index contributed by atoms with van der Waals surface area (Å²) < 4.78 is 55.1. The third-order valence-electron chi connectivity index (χ3n) is 7.64. The van der Waals surface area contributed by atoms with Crippen LogP contribution >= 0.6 is 0 Å². The number of nitrogens with two attached hydrogens (primary N) is 1. The lowest BCUT2D eigenvalue weighted by Crippen LogP contribution is -2.29. The SMILES string of the molecule is CC(C)(F)C(=O)C[C@@H]1CCC[C@@H](c2nc(-c3ccc(C(=O)Nc4cc(C(F)(F)F)ccn4)cc3)c3c(N)nccn23)C1. The van der Waals surface area contributed by atoms with E-state index in [4.69, 9.17) is 10.7 Å². The number of amides is 1. The Balaban J connectivity index is 1.40. The number of rotatable bonds is 7. The third-order valence-corrected chi connectivity index (χ3v) is 7.64. The van der Waals surface area contributed by atoms with Gasteiger partial charge in [0.2, 0.25) is 0 Å². The molecule has 5 rings (SSSR count). The number of anilines is 2. The summed E-state index contributed by atoms with van der Waals surface area (Å²) in [6.45, 7) is 2.58. The van der Waals surface area contributed by atoms with Crippen LogP contribution in [-0.4, -0.2) is 36.7 Å². The Morgan fingerprint density at radius 3 is 2.48 bits per heavy atom. The minimum absolute atomic E-state index is 0.0207. The highest BCUT2D eigenvalue weighted by Gasteiger charge is 2.34. The molecular formula is C30H30F4N6O2. The van der Waals surface area contributed by atoms with Crippen molar-refractivity contribution in [2.24, 2.45) is 5.92 Å².